The van der Waals surface area contributed by atoms with Gasteiger partial charge in [0.05, 0.1) is 6.04 Å². The second kappa shape index (κ2) is 10.6. The first-order valence-electron chi connectivity index (χ1n) is 11.7. The minimum absolute atomic E-state index is 0.112. The van der Waals surface area contributed by atoms with E-state index in [1.165, 1.54) is 43.2 Å². The van der Waals surface area contributed by atoms with Crippen LogP contribution in [0.3, 0.4) is 0 Å². The van der Waals surface area contributed by atoms with E-state index >= 15 is 0 Å². The molecule has 1 saturated heterocycles. The molecule has 1 heterocycles. The van der Waals surface area contributed by atoms with E-state index in [0.717, 1.165) is 45.1 Å². The number of amides is 2. The smallest absolute Gasteiger partial charge is 0.317 e. The standard InChI is InChI=1S/C26H35N3O/c30-26(27-17-16-22-10-4-1-5-11-22)29-20-18-28(19-21-29)25(23-12-6-2-7-13-23)24-14-8-3-9-15-24/h2-3,6-9,12-15,22,25H,1,4-5,10-11,16-21H2,(H,27,30). The molecule has 0 spiro atoms. The van der Waals surface area contributed by atoms with E-state index in [9.17, 15) is 4.79 Å². The van der Waals surface area contributed by atoms with Gasteiger partial charge in [-0.3, -0.25) is 4.90 Å². The summed E-state index contributed by atoms with van der Waals surface area (Å²) in [5, 5.41) is 3.18. The molecule has 2 aromatic carbocycles. The van der Waals surface area contributed by atoms with Crippen molar-refractivity contribution in [3.8, 4) is 0 Å². The Balaban J connectivity index is 1.31. The number of nitrogens with one attached hydrogen (secondary N) is 1. The lowest BCUT2D eigenvalue weighted by atomic mass is 9.87. The molecule has 0 bridgehead atoms. The van der Waals surface area contributed by atoms with Gasteiger partial charge in [0.25, 0.3) is 0 Å². The maximum Gasteiger partial charge on any atom is 0.317 e. The number of urea groups is 1. The van der Waals surface area contributed by atoms with Gasteiger partial charge in [0.15, 0.2) is 0 Å². The SMILES string of the molecule is O=C(NCCC1CCCCC1)N1CCN(C(c2ccccc2)c2ccccc2)CC1. The normalized spacial score (nSPS) is 18.5. The lowest BCUT2D eigenvalue weighted by Gasteiger charge is -2.39. The summed E-state index contributed by atoms with van der Waals surface area (Å²) in [4.78, 5) is 17.2. The minimum atomic E-state index is 0.112. The van der Waals surface area contributed by atoms with Gasteiger partial charge in [-0.2, -0.15) is 0 Å². The molecule has 30 heavy (non-hydrogen) atoms. The van der Waals surface area contributed by atoms with E-state index in [2.05, 4.69) is 70.9 Å². The number of hydrogen-bond acceptors (Lipinski definition) is 2. The van der Waals surface area contributed by atoms with Crippen LogP contribution in [0.5, 0.6) is 0 Å². The van der Waals surface area contributed by atoms with Gasteiger partial charge in [0, 0.05) is 32.7 Å². The van der Waals surface area contributed by atoms with E-state index < -0.39 is 0 Å². The Labute approximate surface area is 181 Å². The summed E-state index contributed by atoms with van der Waals surface area (Å²) < 4.78 is 0. The van der Waals surface area contributed by atoms with Crippen LogP contribution in [0.1, 0.15) is 55.7 Å². The van der Waals surface area contributed by atoms with Gasteiger partial charge in [-0.25, -0.2) is 4.79 Å². The Morgan fingerprint density at radius 3 is 1.97 bits per heavy atom. The first-order valence-corrected chi connectivity index (χ1v) is 11.7. The predicted octanol–water partition coefficient (Wildman–Crippen LogP) is 5.07. The van der Waals surface area contributed by atoms with Gasteiger partial charge in [-0.05, 0) is 23.5 Å². The molecule has 1 aliphatic heterocycles. The monoisotopic (exact) mass is 405 g/mol. The molecular weight excluding hydrogens is 370 g/mol. The van der Waals surface area contributed by atoms with Crippen molar-refractivity contribution >= 4 is 6.03 Å². The Bertz CT molecular complexity index is 726. The van der Waals surface area contributed by atoms with Gasteiger partial charge in [0.2, 0.25) is 0 Å². The highest BCUT2D eigenvalue weighted by Gasteiger charge is 2.28. The van der Waals surface area contributed by atoms with Crippen LogP contribution in [-0.2, 0) is 0 Å². The Kier molecular flexibility index (Phi) is 7.41. The van der Waals surface area contributed by atoms with Crippen LogP contribution in [0.4, 0.5) is 4.79 Å². The van der Waals surface area contributed by atoms with Crippen LogP contribution in [-0.4, -0.2) is 48.6 Å². The summed E-state index contributed by atoms with van der Waals surface area (Å²) in [7, 11) is 0. The van der Waals surface area contributed by atoms with Crippen molar-refractivity contribution in [2.45, 2.75) is 44.6 Å². The molecule has 2 aromatic rings. The fourth-order valence-corrected chi connectivity index (χ4v) is 5.04. The zero-order chi connectivity index (χ0) is 20.6. The molecule has 4 heteroatoms. The topological polar surface area (TPSA) is 35.6 Å². The zero-order valence-electron chi connectivity index (χ0n) is 18.0. The highest BCUT2D eigenvalue weighted by atomic mass is 16.2. The predicted molar refractivity (Wildman–Crippen MR) is 122 cm³/mol. The Hall–Kier alpha value is -2.33. The quantitative estimate of drug-likeness (QED) is 0.728. The molecular formula is C26H35N3O. The third-order valence-electron chi connectivity index (χ3n) is 6.75. The summed E-state index contributed by atoms with van der Waals surface area (Å²) >= 11 is 0. The van der Waals surface area contributed by atoms with Gasteiger partial charge in [-0.15, -0.1) is 0 Å². The Morgan fingerprint density at radius 2 is 1.40 bits per heavy atom. The molecule has 1 N–H and O–H groups in total. The fourth-order valence-electron chi connectivity index (χ4n) is 5.04. The van der Waals surface area contributed by atoms with Crippen molar-refractivity contribution in [2.24, 2.45) is 5.92 Å². The van der Waals surface area contributed by atoms with Crippen molar-refractivity contribution in [1.82, 2.24) is 15.1 Å². The van der Waals surface area contributed by atoms with Crippen LogP contribution in [0, 0.1) is 5.92 Å². The molecule has 2 amide bonds. The maximum absolute atomic E-state index is 12.7. The molecule has 0 radical (unpaired) electrons. The molecule has 2 fully saturated rings. The zero-order valence-corrected chi connectivity index (χ0v) is 18.0. The van der Waals surface area contributed by atoms with E-state index in [0.29, 0.717) is 0 Å². The number of hydrogen-bond donors (Lipinski definition) is 1. The van der Waals surface area contributed by atoms with E-state index in [-0.39, 0.29) is 12.1 Å². The molecule has 0 aromatic heterocycles. The van der Waals surface area contributed by atoms with Crippen molar-refractivity contribution < 1.29 is 4.79 Å². The molecule has 1 saturated carbocycles. The third-order valence-corrected chi connectivity index (χ3v) is 6.75. The number of benzene rings is 2. The number of nitrogens with zero attached hydrogens (tertiary/aromatic N) is 2. The highest BCUT2D eigenvalue weighted by molar-refractivity contribution is 5.74. The first kappa shape index (κ1) is 20.9. The van der Waals surface area contributed by atoms with Crippen molar-refractivity contribution in [1.29, 1.82) is 0 Å². The van der Waals surface area contributed by atoms with Gasteiger partial charge in [0.1, 0.15) is 0 Å². The molecule has 2 aliphatic rings. The number of piperazine rings is 1. The molecule has 0 atom stereocenters. The first-order chi connectivity index (χ1) is 14.8. The molecule has 1 aliphatic carbocycles. The van der Waals surface area contributed by atoms with Crippen LogP contribution in [0.25, 0.3) is 0 Å². The lowest BCUT2D eigenvalue weighted by Crippen LogP contribution is -2.52. The second-order valence-corrected chi connectivity index (χ2v) is 8.77. The number of carbonyl (C=O) groups is 1. The maximum atomic E-state index is 12.7. The average molecular weight is 406 g/mol. The molecule has 4 nitrogen and oxygen atoms in total. The summed E-state index contributed by atoms with van der Waals surface area (Å²) in [6, 6.07) is 21.8. The van der Waals surface area contributed by atoms with E-state index in [4.69, 9.17) is 0 Å². The average Bonchev–Trinajstić information content (AvgIpc) is 2.82. The van der Waals surface area contributed by atoms with Crippen molar-refractivity contribution in [3.05, 3.63) is 71.8 Å². The summed E-state index contributed by atoms with van der Waals surface area (Å²) in [5.74, 6) is 0.813. The summed E-state index contributed by atoms with van der Waals surface area (Å²) in [5.41, 5.74) is 2.63. The van der Waals surface area contributed by atoms with Crippen molar-refractivity contribution in [3.63, 3.8) is 0 Å². The van der Waals surface area contributed by atoms with Gasteiger partial charge in [-0.1, -0.05) is 92.8 Å². The van der Waals surface area contributed by atoms with Crippen LogP contribution >= 0.6 is 0 Å². The second-order valence-electron chi connectivity index (χ2n) is 8.77. The lowest BCUT2D eigenvalue weighted by molar-refractivity contribution is 0.120. The van der Waals surface area contributed by atoms with Crippen LogP contribution in [0.15, 0.2) is 60.7 Å². The minimum Gasteiger partial charge on any atom is -0.338 e. The largest absolute Gasteiger partial charge is 0.338 e. The third kappa shape index (κ3) is 5.42. The highest BCUT2D eigenvalue weighted by Crippen LogP contribution is 2.29. The van der Waals surface area contributed by atoms with Gasteiger partial charge < -0.3 is 10.2 Å². The van der Waals surface area contributed by atoms with Crippen molar-refractivity contribution in [2.75, 3.05) is 32.7 Å². The summed E-state index contributed by atoms with van der Waals surface area (Å²) in [6.07, 6.45) is 7.94. The van der Waals surface area contributed by atoms with Crippen LogP contribution < -0.4 is 5.32 Å². The Morgan fingerprint density at radius 1 is 0.833 bits per heavy atom. The molecule has 160 valence electrons. The van der Waals surface area contributed by atoms with Crippen LogP contribution in [0.2, 0.25) is 0 Å². The van der Waals surface area contributed by atoms with Gasteiger partial charge >= 0.3 is 6.03 Å². The van der Waals surface area contributed by atoms with E-state index in [1.807, 2.05) is 4.90 Å². The van der Waals surface area contributed by atoms with E-state index in [1.54, 1.807) is 0 Å². The molecule has 4 rings (SSSR count). The number of carbonyl (C=O) groups excluding carboxylic acids is 1. The number of rotatable bonds is 6. The fraction of sp³-hybridized carbons (Fsp3) is 0.500. The summed E-state index contributed by atoms with van der Waals surface area (Å²) in [6.45, 7) is 4.17. The molecule has 0 unspecified atom stereocenters.